The Morgan fingerprint density at radius 3 is 2.68 bits per heavy atom. The number of fused-ring (bicyclic) bond motifs is 1. The lowest BCUT2D eigenvalue weighted by Gasteiger charge is -2.27. The van der Waals surface area contributed by atoms with E-state index in [2.05, 4.69) is 15.3 Å². The first kappa shape index (κ1) is 18.4. The van der Waals surface area contributed by atoms with Crippen LogP contribution in [0.3, 0.4) is 0 Å². The molecule has 0 saturated heterocycles. The number of aromatic nitrogens is 2. The molecule has 1 amide bonds. The third-order valence-corrected chi connectivity index (χ3v) is 5.25. The molecule has 1 aromatic carbocycles. The van der Waals surface area contributed by atoms with Crippen molar-refractivity contribution >= 4 is 34.6 Å². The maximum atomic E-state index is 12.4. The van der Waals surface area contributed by atoms with Crippen LogP contribution in [-0.4, -0.2) is 33.0 Å². The third-order valence-electron chi connectivity index (χ3n) is 5.02. The number of hydrogen-bond donors (Lipinski definition) is 2. The zero-order valence-electron chi connectivity index (χ0n) is 14.9. The van der Waals surface area contributed by atoms with E-state index in [0.717, 1.165) is 36.8 Å². The van der Waals surface area contributed by atoms with Crippen LogP contribution < -0.4 is 5.32 Å². The molecule has 2 aromatic heterocycles. The highest BCUT2D eigenvalue weighted by Gasteiger charge is 2.27. The highest BCUT2D eigenvalue weighted by atomic mass is 35.5. The van der Waals surface area contributed by atoms with Crippen molar-refractivity contribution in [3.8, 4) is 0 Å². The van der Waals surface area contributed by atoms with Gasteiger partial charge in [0.25, 0.3) is 5.91 Å². The number of rotatable bonds is 4. The maximum Gasteiger partial charge on any atom is 0.354 e. The maximum absolute atomic E-state index is 12.4. The number of carboxylic acids is 1. The monoisotopic (exact) mass is 399 g/mol. The van der Waals surface area contributed by atoms with Crippen molar-refractivity contribution in [2.24, 2.45) is 0 Å². The molecule has 2 N–H and O–H groups in total. The molecule has 1 aliphatic carbocycles. The highest BCUT2D eigenvalue weighted by Crippen LogP contribution is 2.34. The molecule has 8 heteroatoms. The van der Waals surface area contributed by atoms with E-state index in [4.69, 9.17) is 21.1 Å². The predicted molar refractivity (Wildman–Crippen MR) is 103 cm³/mol. The molecule has 3 aromatic rings. The summed E-state index contributed by atoms with van der Waals surface area (Å²) in [6.07, 6.45) is 4.62. The van der Waals surface area contributed by atoms with Crippen molar-refractivity contribution in [3.05, 3.63) is 58.7 Å². The number of amides is 1. The standard InChI is InChI=1S/C20H18ClN3O4/c21-13-3-6-17-15(10-13)24-19(28-17)11-1-4-14(5-2-11)23-18(25)12-7-8-22-16(9-12)20(26)27/h3,6-11,14H,1-2,4-5H2,(H,23,25)(H,26,27). The summed E-state index contributed by atoms with van der Waals surface area (Å²) in [5, 5.41) is 12.6. The topological polar surface area (TPSA) is 105 Å². The van der Waals surface area contributed by atoms with Crippen LogP contribution in [0, 0.1) is 0 Å². The van der Waals surface area contributed by atoms with Gasteiger partial charge < -0.3 is 14.8 Å². The number of carbonyl (C=O) groups excluding carboxylic acids is 1. The van der Waals surface area contributed by atoms with Crippen LogP contribution in [0.4, 0.5) is 0 Å². The van der Waals surface area contributed by atoms with Gasteiger partial charge >= 0.3 is 5.97 Å². The van der Waals surface area contributed by atoms with Crippen molar-refractivity contribution in [1.29, 1.82) is 0 Å². The van der Waals surface area contributed by atoms with E-state index in [1.807, 2.05) is 6.07 Å². The average Bonchev–Trinajstić information content (AvgIpc) is 3.11. The van der Waals surface area contributed by atoms with Gasteiger partial charge in [-0.1, -0.05) is 11.6 Å². The minimum Gasteiger partial charge on any atom is -0.477 e. The Morgan fingerprint density at radius 2 is 1.93 bits per heavy atom. The summed E-state index contributed by atoms with van der Waals surface area (Å²) >= 11 is 6.00. The summed E-state index contributed by atoms with van der Waals surface area (Å²) in [6.45, 7) is 0. The van der Waals surface area contributed by atoms with Crippen molar-refractivity contribution < 1.29 is 19.1 Å². The Labute approximate surface area is 165 Å². The van der Waals surface area contributed by atoms with Crippen LogP contribution in [0.1, 0.15) is 58.3 Å². The van der Waals surface area contributed by atoms with Crippen LogP contribution in [0.5, 0.6) is 0 Å². The van der Waals surface area contributed by atoms with Gasteiger partial charge in [0, 0.05) is 28.7 Å². The largest absolute Gasteiger partial charge is 0.477 e. The minimum atomic E-state index is -1.16. The van der Waals surface area contributed by atoms with Gasteiger partial charge in [0.1, 0.15) is 11.2 Å². The molecule has 1 fully saturated rings. The van der Waals surface area contributed by atoms with E-state index >= 15 is 0 Å². The molecule has 2 heterocycles. The normalized spacial score (nSPS) is 19.5. The lowest BCUT2D eigenvalue weighted by atomic mass is 9.86. The predicted octanol–water partition coefficient (Wildman–Crippen LogP) is 4.03. The number of hydrogen-bond acceptors (Lipinski definition) is 5. The smallest absolute Gasteiger partial charge is 0.354 e. The molecule has 7 nitrogen and oxygen atoms in total. The lowest BCUT2D eigenvalue weighted by molar-refractivity contribution is 0.0690. The first-order valence-electron chi connectivity index (χ1n) is 9.06. The molecule has 4 rings (SSSR count). The molecule has 28 heavy (non-hydrogen) atoms. The summed E-state index contributed by atoms with van der Waals surface area (Å²) in [7, 11) is 0. The summed E-state index contributed by atoms with van der Waals surface area (Å²) < 4.78 is 5.86. The molecule has 0 radical (unpaired) electrons. The molecule has 1 aliphatic rings. The van der Waals surface area contributed by atoms with Gasteiger partial charge in [0.15, 0.2) is 11.5 Å². The van der Waals surface area contributed by atoms with Crippen molar-refractivity contribution in [1.82, 2.24) is 15.3 Å². The molecule has 1 saturated carbocycles. The van der Waals surface area contributed by atoms with E-state index in [1.54, 1.807) is 12.1 Å². The molecular formula is C20H18ClN3O4. The number of halogens is 1. The van der Waals surface area contributed by atoms with Gasteiger partial charge in [0.05, 0.1) is 0 Å². The molecule has 0 aliphatic heterocycles. The first-order chi connectivity index (χ1) is 13.5. The number of aromatic carboxylic acids is 1. The van der Waals surface area contributed by atoms with Crippen molar-refractivity contribution in [2.75, 3.05) is 0 Å². The van der Waals surface area contributed by atoms with Crippen LogP contribution in [0.15, 0.2) is 40.9 Å². The van der Waals surface area contributed by atoms with E-state index in [0.29, 0.717) is 16.5 Å². The van der Waals surface area contributed by atoms with Crippen molar-refractivity contribution in [3.63, 3.8) is 0 Å². The third kappa shape index (κ3) is 3.84. The minimum absolute atomic E-state index is 0.0315. The summed E-state index contributed by atoms with van der Waals surface area (Å²) in [5.41, 5.74) is 1.63. The number of benzene rings is 1. The number of pyridine rings is 1. The Morgan fingerprint density at radius 1 is 1.14 bits per heavy atom. The van der Waals surface area contributed by atoms with E-state index in [9.17, 15) is 9.59 Å². The molecule has 144 valence electrons. The van der Waals surface area contributed by atoms with E-state index in [1.165, 1.54) is 18.3 Å². The molecule has 0 atom stereocenters. The van der Waals surface area contributed by atoms with Gasteiger partial charge in [0.2, 0.25) is 0 Å². The van der Waals surface area contributed by atoms with Crippen LogP contribution >= 0.6 is 11.6 Å². The average molecular weight is 400 g/mol. The van der Waals surface area contributed by atoms with Crippen LogP contribution in [0.2, 0.25) is 5.02 Å². The highest BCUT2D eigenvalue weighted by molar-refractivity contribution is 6.31. The number of nitrogens with one attached hydrogen (secondary N) is 1. The number of carboxylic acid groups (broad SMARTS) is 1. The first-order valence-corrected chi connectivity index (χ1v) is 9.43. The van der Waals surface area contributed by atoms with Gasteiger partial charge in [-0.25, -0.2) is 14.8 Å². The second kappa shape index (κ2) is 7.59. The summed E-state index contributed by atoms with van der Waals surface area (Å²) in [4.78, 5) is 31.7. The fourth-order valence-electron chi connectivity index (χ4n) is 3.54. The number of nitrogens with zero attached hydrogens (tertiary/aromatic N) is 2. The Bertz CT molecular complexity index is 1040. The number of oxazole rings is 1. The lowest BCUT2D eigenvalue weighted by Crippen LogP contribution is -2.37. The number of carbonyl (C=O) groups is 2. The zero-order chi connectivity index (χ0) is 19.7. The zero-order valence-corrected chi connectivity index (χ0v) is 15.6. The fourth-order valence-corrected chi connectivity index (χ4v) is 3.70. The molecule has 0 spiro atoms. The quantitative estimate of drug-likeness (QED) is 0.686. The van der Waals surface area contributed by atoms with Gasteiger partial charge in [-0.05, 0) is 56.0 Å². The van der Waals surface area contributed by atoms with E-state index < -0.39 is 5.97 Å². The Hall–Kier alpha value is -2.93. The van der Waals surface area contributed by atoms with Crippen LogP contribution in [0.25, 0.3) is 11.1 Å². The SMILES string of the molecule is O=C(NC1CCC(c2nc3cc(Cl)ccc3o2)CC1)c1ccnc(C(=O)O)c1. The van der Waals surface area contributed by atoms with Crippen LogP contribution in [-0.2, 0) is 0 Å². The molecule has 0 unspecified atom stereocenters. The van der Waals surface area contributed by atoms with Gasteiger partial charge in [-0.15, -0.1) is 0 Å². The van der Waals surface area contributed by atoms with Gasteiger partial charge in [-0.3, -0.25) is 4.79 Å². The fraction of sp³-hybridized carbons (Fsp3) is 0.300. The Kier molecular flexibility index (Phi) is 5.00. The van der Waals surface area contributed by atoms with Crippen molar-refractivity contribution in [2.45, 2.75) is 37.6 Å². The van der Waals surface area contributed by atoms with Gasteiger partial charge in [-0.2, -0.15) is 0 Å². The molecular weight excluding hydrogens is 382 g/mol. The second-order valence-corrected chi connectivity index (χ2v) is 7.36. The Balaban J connectivity index is 1.37. The summed E-state index contributed by atoms with van der Waals surface area (Å²) in [5.74, 6) is -0.527. The molecule has 0 bridgehead atoms. The summed E-state index contributed by atoms with van der Waals surface area (Å²) in [6, 6.07) is 8.21. The van der Waals surface area contributed by atoms with E-state index in [-0.39, 0.29) is 23.6 Å². The second-order valence-electron chi connectivity index (χ2n) is 6.92.